The molecule has 0 aliphatic carbocycles. The Kier molecular flexibility index (Phi) is 6.16. The van der Waals surface area contributed by atoms with Gasteiger partial charge in [0.05, 0.1) is 12.8 Å². The normalized spacial score (nSPS) is 13.1. The van der Waals surface area contributed by atoms with Gasteiger partial charge in [0, 0.05) is 23.0 Å². The van der Waals surface area contributed by atoms with Gasteiger partial charge in [-0.3, -0.25) is 9.59 Å². The molecule has 0 aliphatic rings. The maximum atomic E-state index is 11.9. The predicted octanol–water partition coefficient (Wildman–Crippen LogP) is 2.19. The highest BCUT2D eigenvalue weighted by Crippen LogP contribution is 2.19. The van der Waals surface area contributed by atoms with E-state index < -0.39 is 5.60 Å². The van der Waals surface area contributed by atoms with Gasteiger partial charge >= 0.3 is 0 Å². The van der Waals surface area contributed by atoms with Crippen molar-refractivity contribution in [3.8, 4) is 0 Å². The highest BCUT2D eigenvalue weighted by Gasteiger charge is 2.26. The van der Waals surface area contributed by atoms with Crippen molar-refractivity contribution in [2.75, 3.05) is 13.1 Å². The fourth-order valence-corrected chi connectivity index (χ4v) is 2.29. The Hall–Kier alpha value is -2.12. The van der Waals surface area contributed by atoms with E-state index >= 15 is 0 Å². The zero-order valence-electron chi connectivity index (χ0n) is 13.2. The average molecular weight is 395 g/mol. The molecular weight excluding hydrogens is 376 g/mol. The Labute approximate surface area is 148 Å². The molecule has 1 unspecified atom stereocenters. The molecule has 1 atom stereocenters. The molecule has 0 radical (unpaired) electrons. The minimum Gasteiger partial charge on any atom is -0.466 e. The molecule has 0 saturated carbocycles. The minimum atomic E-state index is -1.28. The molecule has 6 nitrogen and oxygen atoms in total. The number of furan rings is 1. The van der Waals surface area contributed by atoms with E-state index in [1.807, 2.05) is 0 Å². The molecule has 3 N–H and O–H groups in total. The quantitative estimate of drug-likeness (QED) is 0.670. The number of amides is 2. The molecule has 0 fully saturated rings. The fourth-order valence-electron chi connectivity index (χ4n) is 2.02. The van der Waals surface area contributed by atoms with E-state index in [4.69, 9.17) is 4.42 Å². The lowest BCUT2D eigenvalue weighted by Crippen LogP contribution is -2.39. The van der Waals surface area contributed by atoms with Crippen LogP contribution in [0.5, 0.6) is 0 Å². The van der Waals surface area contributed by atoms with Crippen LogP contribution in [0.15, 0.2) is 51.6 Å². The zero-order chi connectivity index (χ0) is 17.6. The summed E-state index contributed by atoms with van der Waals surface area (Å²) in [5.74, 6) is -0.123. The molecule has 1 aromatic heterocycles. The molecule has 7 heteroatoms. The van der Waals surface area contributed by atoms with E-state index in [0.29, 0.717) is 11.3 Å². The van der Waals surface area contributed by atoms with Crippen LogP contribution in [-0.4, -0.2) is 30.0 Å². The topological polar surface area (TPSA) is 91.6 Å². The Balaban J connectivity index is 1.71. The molecule has 0 bridgehead atoms. The van der Waals surface area contributed by atoms with Crippen molar-refractivity contribution >= 4 is 27.7 Å². The van der Waals surface area contributed by atoms with Crippen LogP contribution in [0.4, 0.5) is 0 Å². The van der Waals surface area contributed by atoms with Crippen molar-refractivity contribution in [2.45, 2.75) is 18.9 Å². The van der Waals surface area contributed by atoms with Crippen LogP contribution < -0.4 is 10.6 Å². The van der Waals surface area contributed by atoms with Gasteiger partial charge in [-0.05, 0) is 43.3 Å². The van der Waals surface area contributed by atoms with E-state index in [-0.39, 0.29) is 31.3 Å². The molecule has 2 rings (SSSR count). The summed E-state index contributed by atoms with van der Waals surface area (Å²) in [6, 6.07) is 10.3. The van der Waals surface area contributed by atoms with Gasteiger partial charge in [-0.25, -0.2) is 0 Å². The summed E-state index contributed by atoms with van der Waals surface area (Å²) in [6.07, 6.45) is 1.58. The molecule has 24 heavy (non-hydrogen) atoms. The van der Waals surface area contributed by atoms with E-state index in [0.717, 1.165) is 4.47 Å². The summed E-state index contributed by atoms with van der Waals surface area (Å²) in [7, 11) is 0. The smallest absolute Gasteiger partial charge is 0.251 e. The average Bonchev–Trinajstić information content (AvgIpc) is 3.09. The number of hydrogen-bond donors (Lipinski definition) is 3. The second kappa shape index (κ2) is 8.12. The number of carbonyl (C=O) groups is 2. The lowest BCUT2D eigenvalue weighted by atomic mass is 10.0. The van der Waals surface area contributed by atoms with Crippen molar-refractivity contribution in [3.05, 3.63) is 58.5 Å². The maximum Gasteiger partial charge on any atom is 0.251 e. The molecular formula is C17H19BrN2O4. The number of aliphatic hydroxyl groups is 1. The molecule has 1 aromatic carbocycles. The number of rotatable bonds is 7. The highest BCUT2D eigenvalue weighted by atomic mass is 79.9. The molecule has 0 spiro atoms. The Morgan fingerprint density at radius 2 is 1.92 bits per heavy atom. The Bertz CT molecular complexity index is 681. The number of halogens is 1. The number of nitrogens with one attached hydrogen (secondary N) is 2. The third-order valence-corrected chi connectivity index (χ3v) is 3.95. The highest BCUT2D eigenvalue weighted by molar-refractivity contribution is 9.10. The van der Waals surface area contributed by atoms with Gasteiger partial charge in [-0.1, -0.05) is 15.9 Å². The van der Waals surface area contributed by atoms with Crippen molar-refractivity contribution in [2.24, 2.45) is 0 Å². The first-order valence-corrected chi connectivity index (χ1v) is 8.24. The van der Waals surface area contributed by atoms with E-state index in [9.17, 15) is 14.7 Å². The van der Waals surface area contributed by atoms with Crippen molar-refractivity contribution in [3.63, 3.8) is 0 Å². The van der Waals surface area contributed by atoms with E-state index in [1.165, 1.54) is 6.26 Å². The van der Waals surface area contributed by atoms with E-state index in [2.05, 4.69) is 26.6 Å². The van der Waals surface area contributed by atoms with Crippen LogP contribution in [0.3, 0.4) is 0 Å². The van der Waals surface area contributed by atoms with Crippen molar-refractivity contribution in [1.82, 2.24) is 10.6 Å². The Morgan fingerprint density at radius 3 is 2.54 bits per heavy atom. The second-order valence-corrected chi connectivity index (χ2v) is 6.46. The third-order valence-electron chi connectivity index (χ3n) is 3.43. The molecule has 0 aliphatic heterocycles. The monoisotopic (exact) mass is 394 g/mol. The largest absolute Gasteiger partial charge is 0.466 e. The van der Waals surface area contributed by atoms with Crippen LogP contribution in [0.2, 0.25) is 0 Å². The summed E-state index contributed by atoms with van der Waals surface area (Å²) in [5, 5.41) is 15.5. The van der Waals surface area contributed by atoms with E-state index in [1.54, 1.807) is 43.3 Å². The first kappa shape index (κ1) is 18.2. The van der Waals surface area contributed by atoms with Gasteiger partial charge in [0.15, 0.2) is 0 Å². The predicted molar refractivity (Wildman–Crippen MR) is 92.4 cm³/mol. The van der Waals surface area contributed by atoms with Crippen molar-refractivity contribution < 1.29 is 19.1 Å². The Morgan fingerprint density at radius 1 is 1.21 bits per heavy atom. The van der Waals surface area contributed by atoms with Crippen molar-refractivity contribution in [1.29, 1.82) is 0 Å². The third kappa shape index (κ3) is 5.21. The molecule has 0 saturated heterocycles. The number of hydrogen-bond acceptors (Lipinski definition) is 4. The maximum absolute atomic E-state index is 11.9. The van der Waals surface area contributed by atoms with Crippen LogP contribution in [-0.2, 0) is 10.4 Å². The summed E-state index contributed by atoms with van der Waals surface area (Å²) in [5.41, 5.74) is -0.751. The summed E-state index contributed by atoms with van der Waals surface area (Å²) >= 11 is 3.30. The summed E-state index contributed by atoms with van der Waals surface area (Å²) in [4.78, 5) is 23.7. The second-order valence-electron chi connectivity index (χ2n) is 5.54. The van der Waals surface area contributed by atoms with Crippen LogP contribution in [0.25, 0.3) is 0 Å². The SMILES string of the molecule is CC(O)(CNC(=O)CCNC(=O)c1ccc(Br)cc1)c1ccco1. The van der Waals surface area contributed by atoms with Crippen LogP contribution in [0.1, 0.15) is 29.5 Å². The molecule has 2 aromatic rings. The van der Waals surface area contributed by atoms with Crippen LogP contribution in [0, 0.1) is 0 Å². The van der Waals surface area contributed by atoms with Gasteiger partial charge in [0.25, 0.3) is 5.91 Å². The lowest BCUT2D eigenvalue weighted by Gasteiger charge is -2.21. The van der Waals surface area contributed by atoms with Gasteiger partial charge < -0.3 is 20.2 Å². The van der Waals surface area contributed by atoms with Gasteiger partial charge in [-0.2, -0.15) is 0 Å². The summed E-state index contributed by atoms with van der Waals surface area (Å²) in [6.45, 7) is 1.80. The first-order chi connectivity index (χ1) is 11.4. The molecule has 2 amide bonds. The van der Waals surface area contributed by atoms with Gasteiger partial charge in [-0.15, -0.1) is 0 Å². The van der Waals surface area contributed by atoms with Gasteiger partial charge in [0.1, 0.15) is 11.4 Å². The first-order valence-electron chi connectivity index (χ1n) is 7.45. The molecule has 1 heterocycles. The van der Waals surface area contributed by atoms with Gasteiger partial charge in [0.2, 0.25) is 5.91 Å². The standard InChI is InChI=1S/C17H19BrN2O4/c1-17(23,14-3-2-10-24-14)11-20-15(21)8-9-19-16(22)12-4-6-13(18)7-5-12/h2-7,10,23H,8-9,11H2,1H3,(H,19,22)(H,20,21). The van der Waals surface area contributed by atoms with Crippen LogP contribution >= 0.6 is 15.9 Å². The number of carbonyl (C=O) groups excluding carboxylic acids is 2. The summed E-state index contributed by atoms with van der Waals surface area (Å²) < 4.78 is 6.03. The number of benzene rings is 1. The lowest BCUT2D eigenvalue weighted by molar-refractivity contribution is -0.122. The minimum absolute atomic E-state index is 0.0278. The molecule has 128 valence electrons. The zero-order valence-corrected chi connectivity index (χ0v) is 14.8. The fraction of sp³-hybridized carbons (Fsp3) is 0.294.